The third-order valence-electron chi connectivity index (χ3n) is 6.33. The molecule has 140 valence electrons. The van der Waals surface area contributed by atoms with Gasteiger partial charge in [-0.2, -0.15) is 0 Å². The van der Waals surface area contributed by atoms with Crippen LogP contribution in [0.5, 0.6) is 0 Å². The van der Waals surface area contributed by atoms with E-state index in [-0.39, 0.29) is 6.04 Å². The average molecular weight is 444 g/mol. The van der Waals surface area contributed by atoms with Crippen molar-refractivity contribution >= 4 is 38.4 Å². The van der Waals surface area contributed by atoms with Crippen LogP contribution in [0, 0.1) is 0 Å². The predicted molar refractivity (Wildman–Crippen MR) is 117 cm³/mol. The van der Waals surface area contributed by atoms with Crippen molar-refractivity contribution in [3.63, 3.8) is 0 Å². The lowest BCUT2D eigenvalue weighted by molar-refractivity contribution is 0.113. The molecule has 1 unspecified atom stereocenters. The molecule has 2 aliphatic rings. The summed E-state index contributed by atoms with van der Waals surface area (Å²) in [5.41, 5.74) is 5.38. The number of H-pyrrole nitrogens is 1. The Bertz CT molecular complexity index is 974. The van der Waals surface area contributed by atoms with E-state index in [9.17, 15) is 0 Å². The fourth-order valence-electron chi connectivity index (χ4n) is 5.12. The molecular formula is C23H24BrClN2. The SMILES string of the molecule is Clc1cccc(C2c3[nH]c4ccc(Br)cc4c3CCN2C2CCCCC2)c1. The van der Waals surface area contributed by atoms with Crippen molar-refractivity contribution in [2.45, 2.75) is 50.6 Å². The van der Waals surface area contributed by atoms with Crippen molar-refractivity contribution in [1.29, 1.82) is 0 Å². The van der Waals surface area contributed by atoms with Crippen molar-refractivity contribution in [2.24, 2.45) is 0 Å². The first-order valence-corrected chi connectivity index (χ1v) is 11.2. The van der Waals surface area contributed by atoms with Gasteiger partial charge in [0.05, 0.1) is 6.04 Å². The Labute approximate surface area is 174 Å². The molecule has 0 amide bonds. The van der Waals surface area contributed by atoms with Crippen LogP contribution < -0.4 is 0 Å². The molecule has 0 saturated heterocycles. The van der Waals surface area contributed by atoms with Gasteiger partial charge in [0.25, 0.3) is 0 Å². The molecule has 0 bridgehead atoms. The molecule has 0 spiro atoms. The molecular weight excluding hydrogens is 420 g/mol. The van der Waals surface area contributed by atoms with Crippen LogP contribution >= 0.6 is 27.5 Å². The summed E-state index contributed by atoms with van der Waals surface area (Å²) in [6.45, 7) is 1.12. The third-order valence-corrected chi connectivity index (χ3v) is 7.06. The summed E-state index contributed by atoms with van der Waals surface area (Å²) in [6.07, 6.45) is 7.85. The quantitative estimate of drug-likeness (QED) is 0.458. The van der Waals surface area contributed by atoms with Crippen LogP contribution in [-0.2, 0) is 6.42 Å². The largest absolute Gasteiger partial charge is 0.357 e. The van der Waals surface area contributed by atoms with Crippen LogP contribution in [0.25, 0.3) is 10.9 Å². The zero-order chi connectivity index (χ0) is 18.4. The standard InChI is InChI=1S/C23H24BrClN2/c24-16-9-10-21-20(14-16)19-11-12-27(18-7-2-1-3-8-18)23(22(19)26-21)15-5-4-6-17(25)13-15/h4-6,9-10,13-14,18,23,26H,1-3,7-8,11-12H2. The zero-order valence-electron chi connectivity index (χ0n) is 15.3. The van der Waals surface area contributed by atoms with Crippen molar-refractivity contribution in [1.82, 2.24) is 9.88 Å². The van der Waals surface area contributed by atoms with Crippen LogP contribution in [0.1, 0.15) is 55.0 Å². The highest BCUT2D eigenvalue weighted by Crippen LogP contribution is 2.42. The number of nitrogens with one attached hydrogen (secondary N) is 1. The molecule has 0 radical (unpaired) electrons. The summed E-state index contributed by atoms with van der Waals surface area (Å²) < 4.78 is 1.14. The first-order chi connectivity index (χ1) is 13.2. The smallest absolute Gasteiger partial charge is 0.0760 e. The van der Waals surface area contributed by atoms with Gasteiger partial charge in [0.1, 0.15) is 0 Å². The second-order valence-electron chi connectivity index (χ2n) is 7.94. The van der Waals surface area contributed by atoms with Gasteiger partial charge in [0, 0.05) is 38.7 Å². The van der Waals surface area contributed by atoms with Crippen molar-refractivity contribution < 1.29 is 0 Å². The van der Waals surface area contributed by atoms with Crippen molar-refractivity contribution in [3.05, 3.63) is 68.8 Å². The number of rotatable bonds is 2. The van der Waals surface area contributed by atoms with E-state index in [1.54, 1.807) is 0 Å². The Kier molecular flexibility index (Phi) is 4.79. The van der Waals surface area contributed by atoms with Gasteiger partial charge in [0.15, 0.2) is 0 Å². The fourth-order valence-corrected chi connectivity index (χ4v) is 5.68. The molecule has 5 rings (SSSR count). The van der Waals surface area contributed by atoms with Crippen LogP contribution in [-0.4, -0.2) is 22.5 Å². The maximum absolute atomic E-state index is 6.39. The van der Waals surface area contributed by atoms with E-state index < -0.39 is 0 Å². The molecule has 1 aliphatic heterocycles. The van der Waals surface area contributed by atoms with Crippen LogP contribution in [0.2, 0.25) is 5.02 Å². The second-order valence-corrected chi connectivity index (χ2v) is 9.30. The van der Waals surface area contributed by atoms with Gasteiger partial charge in [-0.3, -0.25) is 4.90 Å². The lowest BCUT2D eigenvalue weighted by atomic mass is 9.87. The minimum Gasteiger partial charge on any atom is -0.357 e. The molecule has 27 heavy (non-hydrogen) atoms. The number of hydrogen-bond donors (Lipinski definition) is 1. The molecule has 2 nitrogen and oxygen atoms in total. The number of fused-ring (bicyclic) bond motifs is 3. The summed E-state index contributed by atoms with van der Waals surface area (Å²) in [6, 6.07) is 16.0. The molecule has 2 heterocycles. The van der Waals surface area contributed by atoms with E-state index in [1.165, 1.54) is 59.8 Å². The summed E-state index contributed by atoms with van der Waals surface area (Å²) in [4.78, 5) is 6.52. The molecule has 2 aromatic carbocycles. The minimum atomic E-state index is 0.265. The number of halogens is 2. The first-order valence-electron chi connectivity index (χ1n) is 10.0. The summed E-state index contributed by atoms with van der Waals surface area (Å²) in [7, 11) is 0. The predicted octanol–water partition coefficient (Wildman–Crippen LogP) is 6.86. The van der Waals surface area contributed by atoms with Gasteiger partial charge in [-0.1, -0.05) is 58.9 Å². The Morgan fingerprint density at radius 3 is 2.70 bits per heavy atom. The summed E-state index contributed by atoms with van der Waals surface area (Å²) in [5.74, 6) is 0. The normalized spacial score (nSPS) is 21.5. The summed E-state index contributed by atoms with van der Waals surface area (Å²) >= 11 is 10.0. The molecule has 4 heteroatoms. The number of aromatic nitrogens is 1. The molecule has 1 aromatic heterocycles. The highest BCUT2D eigenvalue weighted by Gasteiger charge is 2.36. The minimum absolute atomic E-state index is 0.265. The van der Waals surface area contributed by atoms with E-state index in [2.05, 4.69) is 62.2 Å². The summed E-state index contributed by atoms with van der Waals surface area (Å²) in [5, 5.41) is 2.18. The van der Waals surface area contributed by atoms with Crippen LogP contribution in [0.3, 0.4) is 0 Å². The van der Waals surface area contributed by atoms with Crippen LogP contribution in [0.4, 0.5) is 0 Å². The Morgan fingerprint density at radius 2 is 1.89 bits per heavy atom. The number of aromatic amines is 1. The maximum Gasteiger partial charge on any atom is 0.0760 e. The molecule has 1 N–H and O–H groups in total. The molecule has 3 aromatic rings. The Morgan fingerprint density at radius 1 is 1.04 bits per heavy atom. The van der Waals surface area contributed by atoms with E-state index >= 15 is 0 Å². The zero-order valence-corrected chi connectivity index (χ0v) is 17.7. The van der Waals surface area contributed by atoms with Gasteiger partial charge in [0.2, 0.25) is 0 Å². The van der Waals surface area contributed by atoms with E-state index in [0.717, 1.165) is 22.5 Å². The van der Waals surface area contributed by atoms with Gasteiger partial charge in [-0.05, 0) is 60.7 Å². The molecule has 1 atom stereocenters. The van der Waals surface area contributed by atoms with Gasteiger partial charge >= 0.3 is 0 Å². The van der Waals surface area contributed by atoms with Crippen LogP contribution in [0.15, 0.2) is 46.9 Å². The number of benzene rings is 2. The first kappa shape index (κ1) is 17.8. The average Bonchev–Trinajstić information content (AvgIpc) is 3.05. The highest BCUT2D eigenvalue weighted by atomic mass is 79.9. The van der Waals surface area contributed by atoms with Gasteiger partial charge < -0.3 is 4.98 Å². The lowest BCUT2D eigenvalue weighted by Crippen LogP contribution is -2.44. The van der Waals surface area contributed by atoms with Crippen molar-refractivity contribution in [2.75, 3.05) is 6.54 Å². The van der Waals surface area contributed by atoms with E-state index in [1.807, 2.05) is 6.07 Å². The third kappa shape index (κ3) is 3.24. The fraction of sp³-hybridized carbons (Fsp3) is 0.391. The van der Waals surface area contributed by atoms with E-state index in [0.29, 0.717) is 6.04 Å². The molecule has 1 fully saturated rings. The Balaban J connectivity index is 1.66. The van der Waals surface area contributed by atoms with Crippen molar-refractivity contribution in [3.8, 4) is 0 Å². The second kappa shape index (κ2) is 7.27. The topological polar surface area (TPSA) is 19.0 Å². The lowest BCUT2D eigenvalue weighted by Gasteiger charge is -2.43. The Hall–Kier alpha value is -1.29. The van der Waals surface area contributed by atoms with E-state index in [4.69, 9.17) is 11.6 Å². The molecule has 1 saturated carbocycles. The monoisotopic (exact) mass is 442 g/mol. The highest BCUT2D eigenvalue weighted by molar-refractivity contribution is 9.10. The number of nitrogens with zero attached hydrogens (tertiary/aromatic N) is 1. The van der Waals surface area contributed by atoms with Gasteiger partial charge in [-0.15, -0.1) is 0 Å². The number of hydrogen-bond acceptors (Lipinski definition) is 1. The maximum atomic E-state index is 6.39. The molecule has 1 aliphatic carbocycles. The van der Waals surface area contributed by atoms with Gasteiger partial charge in [-0.25, -0.2) is 0 Å².